The number of piperazine rings is 1. The van der Waals surface area contributed by atoms with Crippen LogP contribution >= 0.6 is 23.4 Å². The molecule has 0 spiro atoms. The number of nitrogens with zero attached hydrogens (tertiary/aromatic N) is 3. The summed E-state index contributed by atoms with van der Waals surface area (Å²) in [7, 11) is 0. The molecule has 1 fully saturated rings. The Balaban J connectivity index is 1.50. The first-order valence-corrected chi connectivity index (χ1v) is 8.90. The fourth-order valence-electron chi connectivity index (χ4n) is 2.56. The Hall–Kier alpha value is -1.72. The lowest BCUT2D eigenvalue weighted by Gasteiger charge is -2.36. The standard InChI is InChI=1S/C17H18ClN3OS/c18-15-3-1-2-4-16(15)23-13-17(22)21-11-9-20(10-12-21)14-5-7-19-8-6-14/h1-8H,9-13H2. The molecule has 4 nitrogen and oxygen atoms in total. The van der Waals surface area contributed by atoms with Crippen LogP contribution in [0.25, 0.3) is 0 Å². The van der Waals surface area contributed by atoms with Gasteiger partial charge in [-0.3, -0.25) is 9.78 Å². The number of amides is 1. The van der Waals surface area contributed by atoms with E-state index in [1.807, 2.05) is 41.3 Å². The number of hydrogen-bond donors (Lipinski definition) is 0. The van der Waals surface area contributed by atoms with Crippen LogP contribution in [0.1, 0.15) is 0 Å². The Labute approximate surface area is 145 Å². The van der Waals surface area contributed by atoms with Crippen LogP contribution in [-0.4, -0.2) is 47.7 Å². The number of pyridine rings is 1. The second kappa shape index (κ2) is 7.70. The van der Waals surface area contributed by atoms with E-state index in [2.05, 4.69) is 9.88 Å². The molecule has 1 saturated heterocycles. The first kappa shape index (κ1) is 16.1. The molecule has 1 aliphatic heterocycles. The molecular formula is C17H18ClN3OS. The number of carbonyl (C=O) groups is 1. The highest BCUT2D eigenvalue weighted by molar-refractivity contribution is 8.00. The summed E-state index contributed by atoms with van der Waals surface area (Å²) in [6.45, 7) is 3.22. The lowest BCUT2D eigenvalue weighted by molar-refractivity contribution is -0.128. The van der Waals surface area contributed by atoms with Crippen LogP contribution in [0.15, 0.2) is 53.7 Å². The van der Waals surface area contributed by atoms with Crippen molar-refractivity contribution in [3.8, 4) is 0 Å². The average Bonchev–Trinajstić information content (AvgIpc) is 2.62. The van der Waals surface area contributed by atoms with Crippen molar-refractivity contribution in [2.24, 2.45) is 0 Å². The van der Waals surface area contributed by atoms with Gasteiger partial charge in [0, 0.05) is 49.2 Å². The van der Waals surface area contributed by atoms with Gasteiger partial charge >= 0.3 is 0 Å². The number of benzene rings is 1. The molecule has 2 heterocycles. The van der Waals surface area contributed by atoms with Crippen molar-refractivity contribution in [3.05, 3.63) is 53.8 Å². The summed E-state index contributed by atoms with van der Waals surface area (Å²) in [5.74, 6) is 0.600. The molecular weight excluding hydrogens is 330 g/mol. The molecule has 0 saturated carbocycles. The Bertz CT molecular complexity index is 660. The van der Waals surface area contributed by atoms with E-state index >= 15 is 0 Å². The predicted octanol–water partition coefficient (Wildman–Crippen LogP) is 3.18. The van der Waals surface area contributed by atoms with Gasteiger partial charge in [-0.25, -0.2) is 0 Å². The first-order chi connectivity index (χ1) is 11.2. The highest BCUT2D eigenvalue weighted by Crippen LogP contribution is 2.26. The molecule has 0 atom stereocenters. The van der Waals surface area contributed by atoms with Gasteiger partial charge < -0.3 is 9.80 Å². The summed E-state index contributed by atoms with van der Waals surface area (Å²) >= 11 is 7.62. The number of aromatic nitrogens is 1. The summed E-state index contributed by atoms with van der Waals surface area (Å²) in [6, 6.07) is 11.6. The van der Waals surface area contributed by atoms with Crippen molar-refractivity contribution in [1.82, 2.24) is 9.88 Å². The van der Waals surface area contributed by atoms with E-state index < -0.39 is 0 Å². The van der Waals surface area contributed by atoms with Crippen LogP contribution in [0.3, 0.4) is 0 Å². The monoisotopic (exact) mass is 347 g/mol. The molecule has 0 radical (unpaired) electrons. The first-order valence-electron chi connectivity index (χ1n) is 7.54. The number of thioether (sulfide) groups is 1. The van der Waals surface area contributed by atoms with Crippen LogP contribution in [-0.2, 0) is 4.79 Å². The molecule has 1 aromatic carbocycles. The SMILES string of the molecule is O=C(CSc1ccccc1Cl)N1CCN(c2ccncc2)CC1. The molecule has 0 aliphatic carbocycles. The Kier molecular flexibility index (Phi) is 5.41. The second-order valence-electron chi connectivity index (χ2n) is 5.29. The molecule has 0 N–H and O–H groups in total. The fourth-order valence-corrected chi connectivity index (χ4v) is 3.70. The summed E-state index contributed by atoms with van der Waals surface area (Å²) < 4.78 is 0. The smallest absolute Gasteiger partial charge is 0.233 e. The maximum Gasteiger partial charge on any atom is 0.233 e. The largest absolute Gasteiger partial charge is 0.368 e. The van der Waals surface area contributed by atoms with E-state index in [9.17, 15) is 4.79 Å². The summed E-state index contributed by atoms with van der Waals surface area (Å²) in [4.78, 5) is 21.6. The number of rotatable bonds is 4. The van der Waals surface area contributed by atoms with Gasteiger partial charge in [-0.05, 0) is 24.3 Å². The number of halogens is 1. The topological polar surface area (TPSA) is 36.4 Å². The summed E-state index contributed by atoms with van der Waals surface area (Å²) in [6.07, 6.45) is 3.60. The molecule has 1 amide bonds. The maximum absolute atomic E-state index is 12.4. The normalized spacial score (nSPS) is 14.8. The van der Waals surface area contributed by atoms with E-state index in [4.69, 9.17) is 11.6 Å². The van der Waals surface area contributed by atoms with Crippen molar-refractivity contribution in [2.75, 3.05) is 36.8 Å². The van der Waals surface area contributed by atoms with Gasteiger partial charge in [-0.2, -0.15) is 0 Å². The quantitative estimate of drug-likeness (QED) is 0.796. The zero-order valence-corrected chi connectivity index (χ0v) is 14.3. The van der Waals surface area contributed by atoms with Crippen molar-refractivity contribution in [1.29, 1.82) is 0 Å². The van der Waals surface area contributed by atoms with Crippen LogP contribution in [0.5, 0.6) is 0 Å². The average molecular weight is 348 g/mol. The Morgan fingerprint density at radius 1 is 1.09 bits per heavy atom. The molecule has 1 aromatic heterocycles. The molecule has 6 heteroatoms. The highest BCUT2D eigenvalue weighted by Gasteiger charge is 2.21. The molecule has 2 aromatic rings. The van der Waals surface area contributed by atoms with Crippen molar-refractivity contribution < 1.29 is 4.79 Å². The van der Waals surface area contributed by atoms with E-state index in [0.29, 0.717) is 10.8 Å². The van der Waals surface area contributed by atoms with Crippen molar-refractivity contribution >= 4 is 35.0 Å². The zero-order valence-electron chi connectivity index (χ0n) is 12.7. The van der Waals surface area contributed by atoms with E-state index in [-0.39, 0.29) is 5.91 Å². The van der Waals surface area contributed by atoms with Crippen LogP contribution in [0, 0.1) is 0 Å². The predicted molar refractivity (Wildman–Crippen MR) is 95.2 cm³/mol. The van der Waals surface area contributed by atoms with E-state index in [0.717, 1.165) is 36.8 Å². The summed E-state index contributed by atoms with van der Waals surface area (Å²) in [5, 5.41) is 0.702. The highest BCUT2D eigenvalue weighted by atomic mass is 35.5. The molecule has 3 rings (SSSR count). The number of anilines is 1. The van der Waals surface area contributed by atoms with Crippen LogP contribution < -0.4 is 4.90 Å². The van der Waals surface area contributed by atoms with Gasteiger partial charge in [0.1, 0.15) is 0 Å². The van der Waals surface area contributed by atoms with Crippen molar-refractivity contribution in [2.45, 2.75) is 4.90 Å². The third kappa shape index (κ3) is 4.18. The molecule has 120 valence electrons. The van der Waals surface area contributed by atoms with Gasteiger partial charge in [0.25, 0.3) is 0 Å². The summed E-state index contributed by atoms with van der Waals surface area (Å²) in [5.41, 5.74) is 1.16. The third-order valence-corrected chi connectivity index (χ3v) is 5.35. The number of carbonyl (C=O) groups excluding carboxylic acids is 1. The minimum Gasteiger partial charge on any atom is -0.368 e. The van der Waals surface area contributed by atoms with Gasteiger partial charge in [-0.15, -0.1) is 11.8 Å². The molecule has 0 bridgehead atoms. The lowest BCUT2D eigenvalue weighted by Crippen LogP contribution is -2.49. The Morgan fingerprint density at radius 2 is 1.78 bits per heavy atom. The van der Waals surface area contributed by atoms with Crippen molar-refractivity contribution in [3.63, 3.8) is 0 Å². The minimum atomic E-state index is 0.171. The third-order valence-electron chi connectivity index (χ3n) is 3.85. The minimum absolute atomic E-state index is 0.171. The molecule has 1 aliphatic rings. The molecule has 0 unspecified atom stereocenters. The van der Waals surface area contributed by atoms with E-state index in [1.165, 1.54) is 11.8 Å². The van der Waals surface area contributed by atoms with E-state index in [1.54, 1.807) is 12.4 Å². The zero-order chi connectivity index (χ0) is 16.1. The van der Waals surface area contributed by atoms with Gasteiger partial charge in [-0.1, -0.05) is 23.7 Å². The Morgan fingerprint density at radius 3 is 2.48 bits per heavy atom. The number of hydrogen-bond acceptors (Lipinski definition) is 4. The van der Waals surface area contributed by atoms with Gasteiger partial charge in [0.15, 0.2) is 0 Å². The lowest BCUT2D eigenvalue weighted by atomic mass is 10.2. The molecule has 23 heavy (non-hydrogen) atoms. The van der Waals surface area contributed by atoms with Gasteiger partial charge in [0.05, 0.1) is 10.8 Å². The fraction of sp³-hybridized carbons (Fsp3) is 0.294. The van der Waals surface area contributed by atoms with Crippen LogP contribution in [0.2, 0.25) is 5.02 Å². The van der Waals surface area contributed by atoms with Gasteiger partial charge in [0.2, 0.25) is 5.91 Å². The maximum atomic E-state index is 12.4. The second-order valence-corrected chi connectivity index (χ2v) is 6.72. The van der Waals surface area contributed by atoms with Crippen LogP contribution in [0.4, 0.5) is 5.69 Å².